The summed E-state index contributed by atoms with van der Waals surface area (Å²) in [4.78, 5) is 19.6. The maximum absolute atomic E-state index is 11.0. The van der Waals surface area contributed by atoms with Crippen LogP contribution in [0.25, 0.3) is 0 Å². The van der Waals surface area contributed by atoms with Crippen molar-refractivity contribution < 1.29 is 55.1 Å². The van der Waals surface area contributed by atoms with E-state index in [0.29, 0.717) is 0 Å². The number of carbonyl (C=O) groups is 1. The van der Waals surface area contributed by atoms with Gasteiger partial charge in [0.05, 0.1) is 0 Å². The number of hydrogen-bond acceptors (Lipinski definition) is 2. The average molecular weight is 475 g/mol. The van der Waals surface area contributed by atoms with Crippen LogP contribution in [-0.2, 0) is 9.36 Å². The molecule has 134 valence electrons. The van der Waals surface area contributed by atoms with E-state index in [1.165, 1.54) is 57.8 Å². The molecule has 5 heteroatoms. The second-order valence-electron chi connectivity index (χ2n) is 6.06. The van der Waals surface area contributed by atoms with Crippen molar-refractivity contribution in [2.45, 2.75) is 96.8 Å². The predicted octanol–water partition coefficient (Wildman–Crippen LogP) is 6.02. The third-order valence-corrected chi connectivity index (χ3v) is 4.63. The summed E-state index contributed by atoms with van der Waals surface area (Å²) in [5.74, 6) is 0. The molecule has 0 rings (SSSR count). The molecule has 0 aliphatic heterocycles. The average Bonchev–Trinajstić information content (AvgIpc) is 2.50. The van der Waals surface area contributed by atoms with Crippen molar-refractivity contribution in [2.24, 2.45) is 0 Å². The fourth-order valence-electron chi connectivity index (χ4n) is 2.46. The van der Waals surface area contributed by atoms with E-state index in [1.54, 1.807) is 0 Å². The van der Waals surface area contributed by atoms with Gasteiger partial charge in [-0.1, -0.05) is 70.4 Å². The Bertz CT molecular complexity index is 319. The minimum atomic E-state index is -2.93. The van der Waals surface area contributed by atoms with Gasteiger partial charge in [0.1, 0.15) is 0 Å². The second-order valence-corrected chi connectivity index (χ2v) is 7.23. The fraction of sp³-hybridized carbons (Fsp3) is 0.833. The van der Waals surface area contributed by atoms with Crippen molar-refractivity contribution in [3.05, 3.63) is 12.2 Å². The zero-order valence-electron chi connectivity index (χ0n) is 14.8. The molecule has 0 amide bonds. The zero-order chi connectivity index (χ0) is 16.5. The third kappa shape index (κ3) is 20.9. The largest absolute Gasteiger partial charge is 0.341 e. The van der Waals surface area contributed by atoms with Crippen LogP contribution in [0.1, 0.15) is 96.8 Å². The first-order valence-electron chi connectivity index (χ1n) is 9.09. The quantitative estimate of drug-likeness (QED) is 0.169. The van der Waals surface area contributed by atoms with E-state index in [2.05, 4.69) is 19.1 Å². The molecule has 0 heterocycles. The van der Waals surface area contributed by atoms with Gasteiger partial charge >= 0.3 is 0 Å². The molecule has 0 bridgehead atoms. The molecule has 0 aliphatic rings. The first-order valence-corrected chi connectivity index (χ1v) is 10.4. The van der Waals surface area contributed by atoms with Crippen LogP contribution in [0.3, 0.4) is 0 Å². The van der Waals surface area contributed by atoms with Crippen molar-refractivity contribution >= 4 is 13.6 Å². The maximum Gasteiger partial charge on any atom is 0.252 e. The first-order chi connectivity index (χ1) is 10.7. The molecule has 1 atom stereocenters. The molecule has 0 spiro atoms. The monoisotopic (exact) mass is 472 g/mol. The van der Waals surface area contributed by atoms with E-state index in [0.717, 1.165) is 25.7 Å². The number of allylic oxidation sites excluding steroid dienone is 2. The Kier molecular flexibility index (Phi) is 23.9. The van der Waals surface area contributed by atoms with Gasteiger partial charge in [-0.3, -0.25) is 9.36 Å². The minimum absolute atomic E-state index is 0. The standard InChI is InChI=1S/C18H35O3P.Nd/c1-2-3-4-5-6-7-8-9-10-11-12-13-14-15-16-17-18(19)22(20)21;/h9-10,22H,2-8,11-17H2,1H3,(H,20,21);. The predicted molar refractivity (Wildman–Crippen MR) is 95.7 cm³/mol. The van der Waals surface area contributed by atoms with Gasteiger partial charge in [-0.05, 0) is 32.1 Å². The third-order valence-electron chi connectivity index (χ3n) is 3.90. The smallest absolute Gasteiger partial charge is 0.252 e. The summed E-state index contributed by atoms with van der Waals surface area (Å²) in [6.45, 7) is 2.25. The number of unbranched alkanes of at least 4 members (excludes halogenated alkanes) is 11. The number of hydrogen-bond donors (Lipinski definition) is 1. The Balaban J connectivity index is 0. The van der Waals surface area contributed by atoms with E-state index in [1.807, 2.05) is 0 Å². The van der Waals surface area contributed by atoms with Crippen LogP contribution >= 0.6 is 8.03 Å². The van der Waals surface area contributed by atoms with E-state index in [4.69, 9.17) is 4.89 Å². The molecule has 0 aliphatic carbocycles. The Morgan fingerprint density at radius 3 is 1.74 bits per heavy atom. The zero-order valence-corrected chi connectivity index (χ0v) is 19.0. The summed E-state index contributed by atoms with van der Waals surface area (Å²) >= 11 is 0. The van der Waals surface area contributed by atoms with Gasteiger partial charge in [-0.25, -0.2) is 0 Å². The number of rotatable bonds is 16. The van der Waals surface area contributed by atoms with Gasteiger partial charge in [-0.15, -0.1) is 0 Å². The topological polar surface area (TPSA) is 54.4 Å². The van der Waals surface area contributed by atoms with Crippen LogP contribution in [0.15, 0.2) is 12.2 Å². The van der Waals surface area contributed by atoms with Crippen molar-refractivity contribution in [1.82, 2.24) is 0 Å². The number of carbonyl (C=O) groups excluding carboxylic acids is 1. The summed E-state index contributed by atoms with van der Waals surface area (Å²) in [6.07, 6.45) is 20.7. The van der Waals surface area contributed by atoms with Crippen molar-refractivity contribution in [2.75, 3.05) is 0 Å². The second kappa shape index (κ2) is 21.0. The van der Waals surface area contributed by atoms with Gasteiger partial charge in [0.25, 0.3) is 8.03 Å². The van der Waals surface area contributed by atoms with Crippen molar-refractivity contribution in [3.8, 4) is 0 Å². The molecule has 0 saturated carbocycles. The van der Waals surface area contributed by atoms with Gasteiger partial charge < -0.3 is 4.89 Å². The molecule has 0 saturated heterocycles. The van der Waals surface area contributed by atoms with Gasteiger partial charge in [-0.2, -0.15) is 0 Å². The van der Waals surface area contributed by atoms with E-state index in [-0.39, 0.29) is 47.3 Å². The summed E-state index contributed by atoms with van der Waals surface area (Å²) in [6, 6.07) is 0. The summed E-state index contributed by atoms with van der Waals surface area (Å²) < 4.78 is 10.5. The first kappa shape index (κ1) is 26.2. The molecule has 1 N–H and O–H groups in total. The normalized spacial score (nSPS) is 12.3. The van der Waals surface area contributed by atoms with Crippen LogP contribution in [0, 0.1) is 40.8 Å². The molecule has 0 aromatic rings. The molecule has 1 unspecified atom stereocenters. The Hall–Kier alpha value is 0.951. The van der Waals surface area contributed by atoms with E-state index < -0.39 is 13.6 Å². The maximum atomic E-state index is 11.0. The van der Waals surface area contributed by atoms with Crippen molar-refractivity contribution in [1.29, 1.82) is 0 Å². The Labute approximate surface area is 176 Å². The SMILES string of the molecule is CCCCCCCCC=CCCCCCCCC(=O)[PH](=O)O.[Nd]. The summed E-state index contributed by atoms with van der Waals surface area (Å²) in [5.41, 5.74) is -0.470. The molecule has 0 aromatic carbocycles. The van der Waals surface area contributed by atoms with Crippen LogP contribution < -0.4 is 0 Å². The van der Waals surface area contributed by atoms with Crippen LogP contribution in [-0.4, -0.2) is 10.4 Å². The molecule has 0 aromatic heterocycles. The van der Waals surface area contributed by atoms with Gasteiger partial charge in [0.2, 0.25) is 5.52 Å². The van der Waals surface area contributed by atoms with Crippen LogP contribution in [0.4, 0.5) is 0 Å². The minimum Gasteiger partial charge on any atom is -0.341 e. The molecule has 3 nitrogen and oxygen atoms in total. The van der Waals surface area contributed by atoms with E-state index >= 15 is 0 Å². The van der Waals surface area contributed by atoms with Gasteiger partial charge in [0.15, 0.2) is 0 Å². The Morgan fingerprint density at radius 2 is 1.26 bits per heavy atom. The molecular weight excluding hydrogens is 439 g/mol. The molecular formula is C18H35NdO3P. The van der Waals surface area contributed by atoms with Crippen molar-refractivity contribution in [3.63, 3.8) is 0 Å². The molecule has 0 radical (unpaired) electrons. The van der Waals surface area contributed by atoms with E-state index in [9.17, 15) is 9.36 Å². The summed E-state index contributed by atoms with van der Waals surface area (Å²) in [7, 11) is -2.93. The summed E-state index contributed by atoms with van der Waals surface area (Å²) in [5, 5.41) is 0. The fourth-order valence-corrected chi connectivity index (χ4v) is 2.85. The molecule has 0 fully saturated rings. The van der Waals surface area contributed by atoms with Gasteiger partial charge in [0, 0.05) is 47.3 Å². The van der Waals surface area contributed by atoms with Crippen LogP contribution in [0.5, 0.6) is 0 Å². The Morgan fingerprint density at radius 1 is 0.826 bits per heavy atom. The molecule has 23 heavy (non-hydrogen) atoms. The van der Waals surface area contributed by atoms with Crippen LogP contribution in [0.2, 0.25) is 0 Å².